The fourth-order valence-electron chi connectivity index (χ4n) is 4.29. The number of nitrogens with zero attached hydrogens (tertiary/aromatic N) is 1. The Kier molecular flexibility index (Phi) is 4.82. The van der Waals surface area contributed by atoms with Crippen molar-refractivity contribution in [1.82, 2.24) is 4.57 Å². The highest BCUT2D eigenvalue weighted by molar-refractivity contribution is 5.98. The number of fused-ring (bicyclic) bond motifs is 2. The van der Waals surface area contributed by atoms with Crippen LogP contribution in [-0.4, -0.2) is 10.5 Å². The van der Waals surface area contributed by atoms with Gasteiger partial charge in [0.2, 0.25) is 11.3 Å². The van der Waals surface area contributed by atoms with Crippen molar-refractivity contribution in [3.63, 3.8) is 0 Å². The zero-order valence-corrected chi connectivity index (χ0v) is 18.2. The number of para-hydroxylation sites is 1. The molecule has 3 aromatic carbocycles. The molecule has 5 nitrogen and oxygen atoms in total. The molecule has 0 atom stereocenters. The smallest absolute Gasteiger partial charge is 0.230 e. The summed E-state index contributed by atoms with van der Waals surface area (Å²) < 4.78 is 2.11. The average Bonchev–Trinajstić information content (AvgIpc) is 2.78. The second-order valence-electron chi connectivity index (χ2n) is 9.01. The second kappa shape index (κ2) is 7.68. The Morgan fingerprint density at radius 2 is 1.72 bits per heavy atom. The largest absolute Gasteiger partial charge is 0.351 e. The molecule has 0 aliphatic carbocycles. The molecule has 1 aromatic heterocycles. The number of nitrogens with one attached hydrogen (secondary N) is 2. The highest BCUT2D eigenvalue weighted by Gasteiger charge is 2.33. The van der Waals surface area contributed by atoms with Crippen LogP contribution in [-0.2, 0) is 17.8 Å². The first-order valence-corrected chi connectivity index (χ1v) is 10.8. The summed E-state index contributed by atoms with van der Waals surface area (Å²) in [5.41, 5.74) is 4.83. The van der Waals surface area contributed by atoms with E-state index in [2.05, 4.69) is 27.3 Å². The van der Waals surface area contributed by atoms with Gasteiger partial charge < -0.3 is 15.2 Å². The number of pyridine rings is 1. The standard InChI is InChI=1S/C27H25N3O2/c1-27(2)15-19-14-20(12-13-22(19)29-26(27)32)28-23-17-30(16-18-8-4-3-5-9-18)24-11-7-6-10-21(24)25(23)31/h3-14,17,28H,15-16H2,1-2H3,(H,29,32). The Bertz CT molecular complexity index is 1390. The van der Waals surface area contributed by atoms with Crippen molar-refractivity contribution in [1.29, 1.82) is 0 Å². The van der Waals surface area contributed by atoms with E-state index in [1.807, 2.05) is 80.7 Å². The maximum absolute atomic E-state index is 13.2. The molecule has 5 heteroatoms. The normalized spacial score (nSPS) is 14.6. The molecule has 2 N–H and O–H groups in total. The average molecular weight is 424 g/mol. The molecule has 0 saturated carbocycles. The Labute approximate surface area is 186 Å². The minimum absolute atomic E-state index is 0.0312. The van der Waals surface area contributed by atoms with Crippen LogP contribution in [0.15, 0.2) is 83.8 Å². The van der Waals surface area contributed by atoms with E-state index in [9.17, 15) is 9.59 Å². The molecule has 5 rings (SSSR count). The Balaban J connectivity index is 1.54. The summed E-state index contributed by atoms with van der Waals surface area (Å²) in [6.07, 6.45) is 2.54. The maximum Gasteiger partial charge on any atom is 0.230 e. The molecule has 1 aliphatic rings. The third-order valence-electron chi connectivity index (χ3n) is 6.06. The van der Waals surface area contributed by atoms with E-state index < -0.39 is 5.41 Å². The van der Waals surface area contributed by atoms with Gasteiger partial charge in [0.15, 0.2) is 0 Å². The lowest BCUT2D eigenvalue weighted by molar-refractivity contribution is -0.124. The highest BCUT2D eigenvalue weighted by Crippen LogP contribution is 2.35. The Morgan fingerprint density at radius 3 is 2.53 bits per heavy atom. The molecule has 0 bridgehead atoms. The number of carbonyl (C=O) groups excluding carboxylic acids is 1. The molecule has 0 spiro atoms. The quantitative estimate of drug-likeness (QED) is 0.467. The van der Waals surface area contributed by atoms with Crippen molar-refractivity contribution >= 4 is 33.9 Å². The molecular weight excluding hydrogens is 398 g/mol. The maximum atomic E-state index is 13.2. The molecule has 0 radical (unpaired) electrons. The van der Waals surface area contributed by atoms with Crippen molar-refractivity contribution < 1.29 is 4.79 Å². The van der Waals surface area contributed by atoms with Crippen molar-refractivity contribution in [3.8, 4) is 0 Å². The van der Waals surface area contributed by atoms with Crippen molar-refractivity contribution in [2.45, 2.75) is 26.8 Å². The van der Waals surface area contributed by atoms with Crippen LogP contribution in [0.4, 0.5) is 17.1 Å². The SMILES string of the molecule is CC1(C)Cc2cc(Nc3cn(Cc4ccccc4)c4ccccc4c3=O)ccc2NC1=O. The zero-order chi connectivity index (χ0) is 22.3. The van der Waals surface area contributed by atoms with Crippen LogP contribution in [0, 0.1) is 5.41 Å². The van der Waals surface area contributed by atoms with Crippen molar-refractivity contribution in [2.75, 3.05) is 10.6 Å². The van der Waals surface area contributed by atoms with Crippen LogP contribution in [0.5, 0.6) is 0 Å². The number of rotatable bonds is 4. The van der Waals surface area contributed by atoms with Gasteiger partial charge in [-0.25, -0.2) is 0 Å². The lowest BCUT2D eigenvalue weighted by Crippen LogP contribution is -2.37. The predicted molar refractivity (Wildman–Crippen MR) is 130 cm³/mol. The lowest BCUT2D eigenvalue weighted by atomic mass is 9.81. The van der Waals surface area contributed by atoms with E-state index in [-0.39, 0.29) is 11.3 Å². The van der Waals surface area contributed by atoms with Crippen LogP contribution in [0.25, 0.3) is 10.9 Å². The first kappa shape index (κ1) is 20.1. The number of anilines is 3. The molecule has 4 aromatic rings. The fourth-order valence-corrected chi connectivity index (χ4v) is 4.29. The minimum atomic E-state index is -0.461. The van der Waals surface area contributed by atoms with Gasteiger partial charge in [0.25, 0.3) is 0 Å². The summed E-state index contributed by atoms with van der Waals surface area (Å²) in [5.74, 6) is 0.0315. The van der Waals surface area contributed by atoms with Crippen LogP contribution in [0.1, 0.15) is 25.0 Å². The predicted octanol–water partition coefficient (Wildman–Crippen LogP) is 5.31. The van der Waals surface area contributed by atoms with Crippen molar-refractivity contribution in [3.05, 3.63) is 100 Å². The van der Waals surface area contributed by atoms with Gasteiger partial charge in [0, 0.05) is 34.9 Å². The monoisotopic (exact) mass is 423 g/mol. The Morgan fingerprint density at radius 1 is 0.969 bits per heavy atom. The second-order valence-corrected chi connectivity index (χ2v) is 9.01. The van der Waals surface area contributed by atoms with E-state index in [0.29, 0.717) is 24.0 Å². The van der Waals surface area contributed by atoms with Crippen LogP contribution >= 0.6 is 0 Å². The van der Waals surface area contributed by atoms with E-state index >= 15 is 0 Å². The van der Waals surface area contributed by atoms with E-state index in [4.69, 9.17) is 0 Å². The van der Waals surface area contributed by atoms with Gasteiger partial charge in [0.1, 0.15) is 5.69 Å². The number of hydrogen-bond donors (Lipinski definition) is 2. The molecule has 2 heterocycles. The van der Waals surface area contributed by atoms with E-state index in [0.717, 1.165) is 22.5 Å². The number of hydrogen-bond acceptors (Lipinski definition) is 3. The fraction of sp³-hybridized carbons (Fsp3) is 0.185. The lowest BCUT2D eigenvalue weighted by Gasteiger charge is -2.30. The van der Waals surface area contributed by atoms with Gasteiger partial charge in [-0.3, -0.25) is 9.59 Å². The molecule has 1 amide bonds. The molecular formula is C27H25N3O2. The number of amides is 1. The third-order valence-corrected chi connectivity index (χ3v) is 6.06. The number of benzene rings is 3. The highest BCUT2D eigenvalue weighted by atomic mass is 16.2. The van der Waals surface area contributed by atoms with Crippen LogP contribution < -0.4 is 16.1 Å². The summed E-state index contributed by atoms with van der Waals surface area (Å²) in [6, 6.07) is 23.7. The zero-order valence-electron chi connectivity index (χ0n) is 18.2. The van der Waals surface area contributed by atoms with Crippen molar-refractivity contribution in [2.24, 2.45) is 5.41 Å². The van der Waals surface area contributed by atoms with Gasteiger partial charge in [0.05, 0.1) is 5.52 Å². The Hall–Kier alpha value is -3.86. The number of aromatic nitrogens is 1. The first-order valence-electron chi connectivity index (χ1n) is 10.8. The summed E-state index contributed by atoms with van der Waals surface area (Å²) in [7, 11) is 0. The molecule has 0 unspecified atom stereocenters. The summed E-state index contributed by atoms with van der Waals surface area (Å²) in [4.78, 5) is 25.5. The van der Waals surface area contributed by atoms with Crippen LogP contribution in [0.2, 0.25) is 0 Å². The minimum Gasteiger partial charge on any atom is -0.351 e. The first-order chi connectivity index (χ1) is 15.4. The summed E-state index contributed by atoms with van der Waals surface area (Å²) in [6.45, 7) is 4.55. The molecule has 32 heavy (non-hydrogen) atoms. The van der Waals surface area contributed by atoms with E-state index in [1.54, 1.807) is 0 Å². The van der Waals surface area contributed by atoms with Gasteiger partial charge in [-0.1, -0.05) is 56.3 Å². The summed E-state index contributed by atoms with van der Waals surface area (Å²) >= 11 is 0. The van der Waals surface area contributed by atoms with Gasteiger partial charge >= 0.3 is 0 Å². The third kappa shape index (κ3) is 3.66. The molecule has 0 saturated heterocycles. The topological polar surface area (TPSA) is 63.1 Å². The molecule has 1 aliphatic heterocycles. The number of carbonyl (C=O) groups is 1. The van der Waals surface area contributed by atoms with Crippen LogP contribution in [0.3, 0.4) is 0 Å². The molecule has 160 valence electrons. The molecule has 0 fully saturated rings. The van der Waals surface area contributed by atoms with Gasteiger partial charge in [-0.15, -0.1) is 0 Å². The van der Waals surface area contributed by atoms with Gasteiger partial charge in [-0.2, -0.15) is 0 Å². The van der Waals surface area contributed by atoms with E-state index in [1.165, 1.54) is 5.56 Å². The summed E-state index contributed by atoms with van der Waals surface area (Å²) in [5, 5.41) is 6.99. The van der Waals surface area contributed by atoms with Gasteiger partial charge in [-0.05, 0) is 47.9 Å².